The van der Waals surface area contributed by atoms with Gasteiger partial charge in [0.15, 0.2) is 0 Å². The Labute approximate surface area is 152 Å². The molecule has 1 saturated carbocycles. The van der Waals surface area contributed by atoms with Crippen LogP contribution in [-0.2, 0) is 13.1 Å². The average Bonchev–Trinajstić information content (AvgIpc) is 3.50. The van der Waals surface area contributed by atoms with Gasteiger partial charge in [0.25, 0.3) is 0 Å². The quantitative estimate of drug-likeness (QED) is 0.821. The zero-order valence-electron chi connectivity index (χ0n) is 15.0. The lowest BCUT2D eigenvalue weighted by Gasteiger charge is -2.23. The Morgan fingerprint density at radius 1 is 1.08 bits per heavy atom. The Hall–Kier alpha value is -2.76. The van der Waals surface area contributed by atoms with E-state index in [1.165, 1.54) is 12.1 Å². The van der Waals surface area contributed by atoms with Crippen LogP contribution in [0.3, 0.4) is 0 Å². The van der Waals surface area contributed by atoms with Crippen molar-refractivity contribution in [3.63, 3.8) is 0 Å². The Morgan fingerprint density at radius 3 is 2.23 bits per heavy atom. The summed E-state index contributed by atoms with van der Waals surface area (Å²) in [5, 5.41) is 2.96. The molecular formula is C20H23FN2O3. The zero-order chi connectivity index (χ0) is 18.5. The van der Waals surface area contributed by atoms with Gasteiger partial charge in [0.2, 0.25) is 0 Å². The Bertz CT molecular complexity index is 738. The molecule has 3 rings (SSSR count). The van der Waals surface area contributed by atoms with Crippen molar-refractivity contribution in [3.05, 3.63) is 59.4 Å². The molecule has 2 aromatic rings. The van der Waals surface area contributed by atoms with E-state index >= 15 is 0 Å². The maximum absolute atomic E-state index is 13.1. The van der Waals surface area contributed by atoms with Crippen molar-refractivity contribution < 1.29 is 18.7 Å². The van der Waals surface area contributed by atoms with Crippen LogP contribution in [0.1, 0.15) is 24.0 Å². The number of nitrogens with one attached hydrogen (secondary N) is 1. The van der Waals surface area contributed by atoms with Gasteiger partial charge in [0.1, 0.15) is 17.3 Å². The fraction of sp³-hybridized carbons (Fsp3) is 0.350. The topological polar surface area (TPSA) is 50.8 Å². The van der Waals surface area contributed by atoms with Crippen LogP contribution in [0.5, 0.6) is 11.5 Å². The maximum Gasteiger partial charge on any atom is 0.318 e. The number of nitrogens with zero attached hydrogens (tertiary/aromatic N) is 1. The number of benzene rings is 2. The second kappa shape index (κ2) is 8.08. The first-order valence-corrected chi connectivity index (χ1v) is 8.60. The summed E-state index contributed by atoms with van der Waals surface area (Å²) in [4.78, 5) is 14.5. The molecule has 0 bridgehead atoms. The first-order chi connectivity index (χ1) is 12.6. The minimum Gasteiger partial charge on any atom is -0.497 e. The highest BCUT2D eigenvalue weighted by Gasteiger charge is 2.32. The standard InChI is InChI=1S/C20H23FN2O3/c1-25-18-9-15(10-19(11-18)26-2)12-22-20(24)23(17-7-8-17)13-14-3-5-16(21)6-4-14/h3-6,9-11,17H,7-8,12-13H2,1-2H3,(H,22,24). The van der Waals surface area contributed by atoms with Gasteiger partial charge in [-0.05, 0) is 48.2 Å². The van der Waals surface area contributed by atoms with Crippen molar-refractivity contribution >= 4 is 6.03 Å². The number of amides is 2. The van der Waals surface area contributed by atoms with E-state index in [-0.39, 0.29) is 17.9 Å². The number of carbonyl (C=O) groups is 1. The van der Waals surface area contributed by atoms with Crippen molar-refractivity contribution in [2.45, 2.75) is 32.0 Å². The van der Waals surface area contributed by atoms with E-state index in [9.17, 15) is 9.18 Å². The molecule has 26 heavy (non-hydrogen) atoms. The minimum atomic E-state index is -0.275. The van der Waals surface area contributed by atoms with Crippen molar-refractivity contribution in [2.24, 2.45) is 0 Å². The van der Waals surface area contributed by atoms with E-state index in [0.717, 1.165) is 24.0 Å². The first-order valence-electron chi connectivity index (χ1n) is 8.60. The average molecular weight is 358 g/mol. The Balaban J connectivity index is 1.64. The van der Waals surface area contributed by atoms with E-state index in [2.05, 4.69) is 5.32 Å². The monoisotopic (exact) mass is 358 g/mol. The Kier molecular flexibility index (Phi) is 5.61. The molecule has 0 heterocycles. The summed E-state index contributed by atoms with van der Waals surface area (Å²) in [6.07, 6.45) is 2.00. The number of hydrogen-bond acceptors (Lipinski definition) is 3. The van der Waals surface area contributed by atoms with Crippen LogP contribution in [0, 0.1) is 5.82 Å². The molecular weight excluding hydrogens is 335 g/mol. The van der Waals surface area contributed by atoms with Crippen molar-refractivity contribution in [2.75, 3.05) is 14.2 Å². The van der Waals surface area contributed by atoms with Crippen LogP contribution >= 0.6 is 0 Å². The van der Waals surface area contributed by atoms with Gasteiger partial charge in [-0.25, -0.2) is 9.18 Å². The van der Waals surface area contributed by atoms with E-state index < -0.39 is 0 Å². The van der Waals surface area contributed by atoms with Gasteiger partial charge in [-0.1, -0.05) is 12.1 Å². The summed E-state index contributed by atoms with van der Waals surface area (Å²) in [6.45, 7) is 0.844. The zero-order valence-corrected chi connectivity index (χ0v) is 15.0. The van der Waals surface area contributed by atoms with Crippen LogP contribution in [0.2, 0.25) is 0 Å². The molecule has 1 aliphatic carbocycles. The molecule has 1 fully saturated rings. The minimum absolute atomic E-state index is 0.126. The predicted molar refractivity (Wildman–Crippen MR) is 96.7 cm³/mol. The number of urea groups is 1. The van der Waals surface area contributed by atoms with Crippen molar-refractivity contribution in [3.8, 4) is 11.5 Å². The van der Waals surface area contributed by atoms with Gasteiger partial charge in [-0.2, -0.15) is 0 Å². The van der Waals surface area contributed by atoms with E-state index in [0.29, 0.717) is 24.6 Å². The predicted octanol–water partition coefficient (Wildman–Crippen LogP) is 3.72. The smallest absolute Gasteiger partial charge is 0.318 e. The highest BCUT2D eigenvalue weighted by molar-refractivity contribution is 5.75. The molecule has 0 aliphatic heterocycles. The van der Waals surface area contributed by atoms with Crippen LogP contribution in [0.25, 0.3) is 0 Å². The maximum atomic E-state index is 13.1. The molecule has 2 aromatic carbocycles. The number of ether oxygens (including phenoxy) is 2. The number of rotatable bonds is 7. The van der Waals surface area contributed by atoms with Crippen LogP contribution < -0.4 is 14.8 Å². The van der Waals surface area contributed by atoms with Gasteiger partial charge in [-0.15, -0.1) is 0 Å². The summed E-state index contributed by atoms with van der Waals surface area (Å²) >= 11 is 0. The lowest BCUT2D eigenvalue weighted by molar-refractivity contribution is 0.191. The van der Waals surface area contributed by atoms with E-state index in [1.54, 1.807) is 32.4 Å². The van der Waals surface area contributed by atoms with Gasteiger partial charge < -0.3 is 19.7 Å². The molecule has 0 unspecified atom stereocenters. The summed E-state index contributed by atoms with van der Waals surface area (Å²) in [5.41, 5.74) is 1.81. The third kappa shape index (κ3) is 4.65. The molecule has 2 amide bonds. The van der Waals surface area contributed by atoms with Crippen LogP contribution in [0.4, 0.5) is 9.18 Å². The van der Waals surface area contributed by atoms with Gasteiger partial charge in [0, 0.05) is 25.2 Å². The molecule has 1 N–H and O–H groups in total. The fourth-order valence-corrected chi connectivity index (χ4v) is 2.79. The second-order valence-electron chi connectivity index (χ2n) is 6.37. The summed E-state index contributed by atoms with van der Waals surface area (Å²) in [5.74, 6) is 1.08. The largest absolute Gasteiger partial charge is 0.497 e. The number of carbonyl (C=O) groups excluding carboxylic acids is 1. The second-order valence-corrected chi connectivity index (χ2v) is 6.37. The van der Waals surface area contributed by atoms with Crippen LogP contribution in [-0.4, -0.2) is 31.2 Å². The van der Waals surface area contributed by atoms with Gasteiger partial charge in [-0.3, -0.25) is 0 Å². The highest BCUT2D eigenvalue weighted by atomic mass is 19.1. The molecule has 0 atom stereocenters. The summed E-state index contributed by atoms with van der Waals surface area (Å²) in [7, 11) is 3.18. The van der Waals surface area contributed by atoms with Gasteiger partial charge >= 0.3 is 6.03 Å². The molecule has 138 valence electrons. The van der Waals surface area contributed by atoms with Crippen molar-refractivity contribution in [1.29, 1.82) is 0 Å². The van der Waals surface area contributed by atoms with E-state index in [4.69, 9.17) is 9.47 Å². The molecule has 1 aliphatic rings. The molecule has 0 spiro atoms. The van der Waals surface area contributed by atoms with Gasteiger partial charge in [0.05, 0.1) is 14.2 Å². The molecule has 0 saturated heterocycles. The molecule has 5 nitrogen and oxygen atoms in total. The number of methoxy groups -OCH3 is 2. The third-order valence-electron chi connectivity index (χ3n) is 4.37. The molecule has 6 heteroatoms. The van der Waals surface area contributed by atoms with Crippen molar-refractivity contribution in [1.82, 2.24) is 10.2 Å². The number of halogens is 1. The molecule has 0 radical (unpaired) electrons. The fourth-order valence-electron chi connectivity index (χ4n) is 2.79. The Morgan fingerprint density at radius 2 is 1.69 bits per heavy atom. The van der Waals surface area contributed by atoms with E-state index in [1.807, 2.05) is 17.0 Å². The SMILES string of the molecule is COc1cc(CNC(=O)N(Cc2ccc(F)cc2)C2CC2)cc(OC)c1. The highest BCUT2D eigenvalue weighted by Crippen LogP contribution is 2.28. The third-order valence-corrected chi connectivity index (χ3v) is 4.37. The lowest BCUT2D eigenvalue weighted by atomic mass is 10.2. The summed E-state index contributed by atoms with van der Waals surface area (Å²) < 4.78 is 23.6. The summed E-state index contributed by atoms with van der Waals surface area (Å²) in [6, 6.07) is 11.9. The van der Waals surface area contributed by atoms with Crippen LogP contribution in [0.15, 0.2) is 42.5 Å². The lowest BCUT2D eigenvalue weighted by Crippen LogP contribution is -2.40. The first kappa shape index (κ1) is 18.0. The number of hydrogen-bond donors (Lipinski definition) is 1. The normalized spacial score (nSPS) is 13.2. The molecule has 0 aromatic heterocycles.